The van der Waals surface area contributed by atoms with Gasteiger partial charge in [-0.3, -0.25) is 9.69 Å². The predicted octanol–water partition coefficient (Wildman–Crippen LogP) is 3.87. The van der Waals surface area contributed by atoms with Crippen molar-refractivity contribution in [3.05, 3.63) is 23.9 Å². The van der Waals surface area contributed by atoms with Gasteiger partial charge in [0.05, 0.1) is 0 Å². The largest absolute Gasteiger partial charge is 0.444 e. The van der Waals surface area contributed by atoms with Gasteiger partial charge in [-0.15, -0.1) is 0 Å². The molecule has 166 valence electrons. The third-order valence-corrected chi connectivity index (χ3v) is 5.64. The molecule has 0 radical (unpaired) electrons. The molecule has 30 heavy (non-hydrogen) atoms. The number of nitrogens with one attached hydrogen (secondary N) is 1. The van der Waals surface area contributed by atoms with Crippen LogP contribution in [0.4, 0.5) is 10.6 Å². The van der Waals surface area contributed by atoms with Crippen molar-refractivity contribution in [2.45, 2.75) is 83.9 Å². The van der Waals surface area contributed by atoms with Gasteiger partial charge in [-0.25, -0.2) is 9.78 Å². The number of hydrogen-bond donors (Lipinski definition) is 1. The second kappa shape index (κ2) is 10.1. The number of aromatic nitrogens is 1. The van der Waals surface area contributed by atoms with Crippen LogP contribution in [0.1, 0.15) is 71.3 Å². The van der Waals surface area contributed by atoms with E-state index in [9.17, 15) is 9.59 Å². The van der Waals surface area contributed by atoms with Crippen LogP contribution in [0.5, 0.6) is 0 Å². The number of rotatable bonds is 4. The zero-order chi connectivity index (χ0) is 21.6. The number of piperidine rings is 1. The van der Waals surface area contributed by atoms with Crippen molar-refractivity contribution < 1.29 is 14.3 Å². The highest BCUT2D eigenvalue weighted by Gasteiger charge is 2.34. The Bertz CT molecular complexity index is 706. The number of ether oxygens (including phenoxy) is 1. The van der Waals surface area contributed by atoms with Gasteiger partial charge in [-0.05, 0) is 64.5 Å². The van der Waals surface area contributed by atoms with Gasteiger partial charge in [0, 0.05) is 32.4 Å². The van der Waals surface area contributed by atoms with Crippen molar-refractivity contribution in [2.24, 2.45) is 0 Å². The molecule has 2 aliphatic rings. The summed E-state index contributed by atoms with van der Waals surface area (Å²) in [5.41, 5.74) is 0.387. The van der Waals surface area contributed by atoms with E-state index in [0.717, 1.165) is 37.3 Å². The van der Waals surface area contributed by atoms with Crippen LogP contribution in [0.3, 0.4) is 0 Å². The Morgan fingerprint density at radius 1 is 1.07 bits per heavy atom. The van der Waals surface area contributed by atoms with Gasteiger partial charge >= 0.3 is 6.09 Å². The topological polar surface area (TPSA) is 74.8 Å². The first-order valence-electron chi connectivity index (χ1n) is 11.3. The molecule has 7 heteroatoms. The normalized spacial score (nSPS) is 20.4. The molecule has 0 bridgehead atoms. The predicted molar refractivity (Wildman–Crippen MR) is 117 cm³/mol. The Morgan fingerprint density at radius 3 is 2.40 bits per heavy atom. The molecule has 1 unspecified atom stereocenters. The summed E-state index contributed by atoms with van der Waals surface area (Å²) >= 11 is 0. The average Bonchev–Trinajstić information content (AvgIpc) is 3.01. The minimum absolute atomic E-state index is 0.128. The van der Waals surface area contributed by atoms with Crippen LogP contribution in [-0.4, -0.2) is 53.2 Å². The zero-order valence-corrected chi connectivity index (χ0v) is 18.7. The first kappa shape index (κ1) is 22.4. The summed E-state index contributed by atoms with van der Waals surface area (Å²) in [5, 5.41) is 2.98. The monoisotopic (exact) mass is 416 g/mol. The Balaban J connectivity index is 1.55. The number of anilines is 1. The molecule has 2 aliphatic heterocycles. The maximum absolute atomic E-state index is 12.8. The molecule has 2 saturated heterocycles. The smallest absolute Gasteiger partial charge is 0.410 e. The molecule has 0 saturated carbocycles. The second-order valence-electron chi connectivity index (χ2n) is 9.33. The van der Waals surface area contributed by atoms with Crippen LogP contribution in [-0.2, 0) is 16.1 Å². The van der Waals surface area contributed by atoms with Gasteiger partial charge in [0.2, 0.25) is 5.91 Å². The van der Waals surface area contributed by atoms with Gasteiger partial charge in [0.15, 0.2) is 0 Å². The Hall–Kier alpha value is -2.31. The van der Waals surface area contributed by atoms with Crippen LogP contribution < -0.4 is 10.2 Å². The van der Waals surface area contributed by atoms with E-state index < -0.39 is 17.7 Å². The highest BCUT2D eigenvalue weighted by Crippen LogP contribution is 2.21. The minimum atomic E-state index is -0.573. The van der Waals surface area contributed by atoms with Gasteiger partial charge < -0.3 is 15.0 Å². The molecule has 1 atom stereocenters. The van der Waals surface area contributed by atoms with Crippen LogP contribution in [0, 0.1) is 0 Å². The summed E-state index contributed by atoms with van der Waals surface area (Å²) in [6, 6.07) is 3.60. The van der Waals surface area contributed by atoms with Crippen molar-refractivity contribution in [1.29, 1.82) is 0 Å². The number of pyridine rings is 1. The highest BCUT2D eigenvalue weighted by molar-refractivity contribution is 5.85. The molecule has 7 nitrogen and oxygen atoms in total. The Morgan fingerprint density at radius 2 is 1.77 bits per heavy atom. The Labute approximate surface area is 180 Å². The van der Waals surface area contributed by atoms with E-state index in [1.807, 2.05) is 39.1 Å². The van der Waals surface area contributed by atoms with E-state index in [4.69, 9.17) is 4.74 Å². The van der Waals surface area contributed by atoms with Gasteiger partial charge in [0.25, 0.3) is 0 Å². The average molecular weight is 417 g/mol. The molecule has 1 N–H and O–H groups in total. The number of nitrogens with zero attached hydrogens (tertiary/aromatic N) is 3. The fourth-order valence-corrected chi connectivity index (χ4v) is 4.06. The lowest BCUT2D eigenvalue weighted by molar-refractivity contribution is -0.127. The molecule has 3 rings (SSSR count). The van der Waals surface area contributed by atoms with Crippen LogP contribution in [0.25, 0.3) is 0 Å². The summed E-state index contributed by atoms with van der Waals surface area (Å²) in [6.45, 7) is 8.60. The molecular formula is C23H36N4O3. The number of likely N-dealkylation sites (tertiary alicyclic amines) is 1. The Kier molecular flexibility index (Phi) is 7.56. The molecular weight excluding hydrogens is 380 g/mol. The molecule has 0 aliphatic carbocycles. The van der Waals surface area contributed by atoms with E-state index in [0.29, 0.717) is 19.5 Å². The fraction of sp³-hybridized carbons (Fsp3) is 0.696. The quantitative estimate of drug-likeness (QED) is 0.806. The number of amides is 2. The van der Waals surface area contributed by atoms with Crippen molar-refractivity contribution >= 4 is 17.8 Å². The molecule has 1 aromatic rings. The third-order valence-electron chi connectivity index (χ3n) is 5.64. The zero-order valence-electron chi connectivity index (χ0n) is 18.7. The lowest BCUT2D eigenvalue weighted by Crippen LogP contribution is -2.52. The molecule has 0 spiro atoms. The summed E-state index contributed by atoms with van der Waals surface area (Å²) in [4.78, 5) is 33.9. The van der Waals surface area contributed by atoms with Crippen molar-refractivity contribution in [3.8, 4) is 0 Å². The SMILES string of the molecule is CC(C)(C)OC(=O)N1CCCCC1C(=O)NCc1ccc(N2CCCCCC2)nc1. The minimum Gasteiger partial charge on any atom is -0.444 e. The molecule has 0 aromatic carbocycles. The fourth-order valence-electron chi connectivity index (χ4n) is 4.06. The van der Waals surface area contributed by atoms with E-state index in [1.165, 1.54) is 25.7 Å². The number of carbonyl (C=O) groups excluding carboxylic acids is 2. The van der Waals surface area contributed by atoms with Crippen molar-refractivity contribution in [1.82, 2.24) is 15.2 Å². The van der Waals surface area contributed by atoms with Gasteiger partial charge in [-0.2, -0.15) is 0 Å². The first-order valence-corrected chi connectivity index (χ1v) is 11.3. The maximum atomic E-state index is 12.8. The molecule has 2 fully saturated rings. The van der Waals surface area contributed by atoms with Gasteiger partial charge in [0.1, 0.15) is 17.5 Å². The van der Waals surface area contributed by atoms with E-state index >= 15 is 0 Å². The number of carbonyl (C=O) groups is 2. The maximum Gasteiger partial charge on any atom is 0.410 e. The van der Waals surface area contributed by atoms with Crippen molar-refractivity contribution in [3.63, 3.8) is 0 Å². The molecule has 3 heterocycles. The summed E-state index contributed by atoms with van der Waals surface area (Å²) in [7, 11) is 0. The summed E-state index contributed by atoms with van der Waals surface area (Å²) in [6.07, 6.45) is 8.94. The second-order valence-corrected chi connectivity index (χ2v) is 9.33. The molecule has 2 amide bonds. The summed E-state index contributed by atoms with van der Waals surface area (Å²) in [5.74, 6) is 0.882. The van der Waals surface area contributed by atoms with Crippen LogP contribution in [0.2, 0.25) is 0 Å². The van der Waals surface area contributed by atoms with Gasteiger partial charge in [-0.1, -0.05) is 18.9 Å². The van der Waals surface area contributed by atoms with E-state index in [2.05, 4.69) is 15.2 Å². The van der Waals surface area contributed by atoms with Crippen LogP contribution >= 0.6 is 0 Å². The standard InChI is InChI=1S/C23H36N4O3/c1-23(2,3)30-22(29)27-15-9-6-10-19(27)21(28)25-17-18-11-12-20(24-16-18)26-13-7-4-5-8-14-26/h11-12,16,19H,4-10,13-15,17H2,1-3H3,(H,25,28). The molecule has 1 aromatic heterocycles. The number of hydrogen-bond acceptors (Lipinski definition) is 5. The highest BCUT2D eigenvalue weighted by atomic mass is 16.6. The first-order chi connectivity index (χ1) is 14.3. The van der Waals surface area contributed by atoms with E-state index in [1.54, 1.807) is 4.90 Å². The summed E-state index contributed by atoms with van der Waals surface area (Å²) < 4.78 is 5.49. The lowest BCUT2D eigenvalue weighted by Gasteiger charge is -2.35. The lowest BCUT2D eigenvalue weighted by atomic mass is 10.0. The third kappa shape index (κ3) is 6.34. The van der Waals surface area contributed by atoms with Crippen LogP contribution in [0.15, 0.2) is 18.3 Å². The van der Waals surface area contributed by atoms with E-state index in [-0.39, 0.29) is 5.91 Å². The van der Waals surface area contributed by atoms with Crippen molar-refractivity contribution in [2.75, 3.05) is 24.5 Å².